The fourth-order valence-corrected chi connectivity index (χ4v) is 3.00. The van der Waals surface area contributed by atoms with Gasteiger partial charge in [-0.15, -0.1) is 0 Å². The minimum atomic E-state index is -0.570. The normalized spacial score (nSPS) is 23.6. The zero-order valence-electron chi connectivity index (χ0n) is 14.4. The Bertz CT molecular complexity index is 494. The highest BCUT2D eigenvalue weighted by molar-refractivity contribution is 5.87. The van der Waals surface area contributed by atoms with E-state index in [1.54, 1.807) is 25.7 Å². The number of hydrogen-bond donors (Lipinski definition) is 2. The summed E-state index contributed by atoms with van der Waals surface area (Å²) in [6.07, 6.45) is 2.21. The van der Waals surface area contributed by atoms with E-state index in [0.717, 1.165) is 19.3 Å². The van der Waals surface area contributed by atoms with Gasteiger partial charge in [0, 0.05) is 12.6 Å². The lowest BCUT2D eigenvalue weighted by Gasteiger charge is -2.43. The number of rotatable bonds is 3. The second-order valence-corrected chi connectivity index (χ2v) is 7.68. The molecule has 130 valence electrons. The maximum absolute atomic E-state index is 12.5. The zero-order valence-corrected chi connectivity index (χ0v) is 14.4. The summed E-state index contributed by atoms with van der Waals surface area (Å²) in [5.74, 6) is -0.234. The topological polar surface area (TPSA) is 87.7 Å². The molecule has 23 heavy (non-hydrogen) atoms. The van der Waals surface area contributed by atoms with Gasteiger partial charge in [-0.25, -0.2) is 4.79 Å². The standard InChI is InChI=1S/C16H27N3O4/c1-11-9-19(10-12(20)17-11)13(21)8-16(6-5-7-16)18-14(22)23-15(2,3)4/h11H,5-10H2,1-4H3,(H,17,20)(H,18,22). The molecule has 0 aromatic carbocycles. The van der Waals surface area contributed by atoms with E-state index in [4.69, 9.17) is 4.74 Å². The Morgan fingerprint density at radius 1 is 1.39 bits per heavy atom. The molecule has 0 radical (unpaired) electrons. The Labute approximate surface area is 137 Å². The number of alkyl carbamates (subject to hydrolysis) is 1. The van der Waals surface area contributed by atoms with Gasteiger partial charge in [0.1, 0.15) is 5.60 Å². The molecule has 3 amide bonds. The molecule has 1 heterocycles. The lowest BCUT2D eigenvalue weighted by Crippen LogP contribution is -2.59. The molecule has 1 unspecified atom stereocenters. The summed E-state index contributed by atoms with van der Waals surface area (Å²) in [6.45, 7) is 7.88. The molecule has 2 rings (SSSR count). The molecule has 2 aliphatic rings. The van der Waals surface area contributed by atoms with Gasteiger partial charge >= 0.3 is 6.09 Å². The summed E-state index contributed by atoms with van der Waals surface area (Å²) in [7, 11) is 0. The first-order valence-electron chi connectivity index (χ1n) is 8.17. The van der Waals surface area contributed by atoms with Gasteiger partial charge in [-0.05, 0) is 47.0 Å². The van der Waals surface area contributed by atoms with Crippen molar-refractivity contribution in [1.29, 1.82) is 0 Å². The van der Waals surface area contributed by atoms with Gasteiger partial charge in [0.15, 0.2) is 0 Å². The molecule has 2 fully saturated rings. The number of amides is 3. The van der Waals surface area contributed by atoms with Crippen molar-refractivity contribution in [2.24, 2.45) is 0 Å². The van der Waals surface area contributed by atoms with Crippen molar-refractivity contribution in [3.05, 3.63) is 0 Å². The smallest absolute Gasteiger partial charge is 0.408 e. The van der Waals surface area contributed by atoms with Crippen molar-refractivity contribution in [2.45, 2.75) is 70.6 Å². The summed E-state index contributed by atoms with van der Waals surface area (Å²) in [4.78, 5) is 37.7. The molecule has 0 aromatic rings. The first kappa shape index (κ1) is 17.6. The van der Waals surface area contributed by atoms with Crippen LogP contribution >= 0.6 is 0 Å². The van der Waals surface area contributed by atoms with Gasteiger partial charge in [0.2, 0.25) is 11.8 Å². The molecule has 7 nitrogen and oxygen atoms in total. The van der Waals surface area contributed by atoms with Gasteiger partial charge < -0.3 is 20.3 Å². The number of nitrogens with one attached hydrogen (secondary N) is 2. The van der Waals surface area contributed by atoms with Crippen molar-refractivity contribution in [3.63, 3.8) is 0 Å². The van der Waals surface area contributed by atoms with Crippen LogP contribution in [0.4, 0.5) is 4.79 Å². The summed E-state index contributed by atoms with van der Waals surface area (Å²) in [5, 5.41) is 5.66. The average molecular weight is 325 g/mol. The van der Waals surface area contributed by atoms with Gasteiger partial charge in [0.05, 0.1) is 18.5 Å². The van der Waals surface area contributed by atoms with Crippen LogP contribution in [0.3, 0.4) is 0 Å². The quantitative estimate of drug-likeness (QED) is 0.815. The van der Waals surface area contributed by atoms with E-state index in [-0.39, 0.29) is 30.8 Å². The van der Waals surface area contributed by atoms with E-state index in [1.165, 1.54) is 0 Å². The van der Waals surface area contributed by atoms with E-state index in [0.29, 0.717) is 6.54 Å². The van der Waals surface area contributed by atoms with Gasteiger partial charge in [-0.1, -0.05) is 0 Å². The SMILES string of the molecule is CC1CN(C(=O)CC2(NC(=O)OC(C)(C)C)CCC2)CC(=O)N1. The van der Waals surface area contributed by atoms with Gasteiger partial charge in [-0.2, -0.15) is 0 Å². The van der Waals surface area contributed by atoms with Crippen molar-refractivity contribution in [1.82, 2.24) is 15.5 Å². The molecule has 0 spiro atoms. The number of piperazine rings is 1. The number of carbonyl (C=O) groups excluding carboxylic acids is 3. The van der Waals surface area contributed by atoms with Crippen LogP contribution in [-0.2, 0) is 14.3 Å². The number of carbonyl (C=O) groups is 3. The van der Waals surface area contributed by atoms with Crippen LogP contribution in [0.1, 0.15) is 53.4 Å². The van der Waals surface area contributed by atoms with E-state index in [9.17, 15) is 14.4 Å². The molecule has 1 aliphatic heterocycles. The predicted octanol–water partition coefficient (Wildman–Crippen LogP) is 1.17. The number of hydrogen-bond acceptors (Lipinski definition) is 4. The molecule has 0 aromatic heterocycles. The number of ether oxygens (including phenoxy) is 1. The monoisotopic (exact) mass is 325 g/mol. The molecule has 1 atom stereocenters. The largest absolute Gasteiger partial charge is 0.444 e. The molecule has 1 saturated carbocycles. The van der Waals surface area contributed by atoms with Crippen molar-refractivity contribution < 1.29 is 19.1 Å². The van der Waals surface area contributed by atoms with Crippen molar-refractivity contribution >= 4 is 17.9 Å². The lowest BCUT2D eigenvalue weighted by molar-refractivity contribution is -0.141. The second-order valence-electron chi connectivity index (χ2n) is 7.68. The molecule has 0 bridgehead atoms. The Balaban J connectivity index is 1.94. The molecule has 7 heteroatoms. The predicted molar refractivity (Wildman–Crippen MR) is 84.8 cm³/mol. The van der Waals surface area contributed by atoms with Crippen LogP contribution in [0.25, 0.3) is 0 Å². The van der Waals surface area contributed by atoms with E-state index >= 15 is 0 Å². The van der Waals surface area contributed by atoms with Gasteiger partial charge in [-0.3, -0.25) is 9.59 Å². The molecular formula is C16H27N3O4. The lowest BCUT2D eigenvalue weighted by atomic mass is 9.74. The Morgan fingerprint density at radius 3 is 2.52 bits per heavy atom. The van der Waals surface area contributed by atoms with Crippen LogP contribution in [0.5, 0.6) is 0 Å². The molecule has 2 N–H and O–H groups in total. The third-order valence-electron chi connectivity index (χ3n) is 4.16. The molecule has 1 aliphatic carbocycles. The maximum Gasteiger partial charge on any atom is 0.408 e. The van der Waals surface area contributed by atoms with E-state index in [2.05, 4.69) is 10.6 Å². The molecule has 1 saturated heterocycles. The summed E-state index contributed by atoms with van der Waals surface area (Å²) in [6, 6.07) is -0.0450. The van der Waals surface area contributed by atoms with Crippen LogP contribution in [0.2, 0.25) is 0 Å². The highest BCUT2D eigenvalue weighted by atomic mass is 16.6. The fraction of sp³-hybridized carbons (Fsp3) is 0.812. The minimum Gasteiger partial charge on any atom is -0.444 e. The van der Waals surface area contributed by atoms with Crippen molar-refractivity contribution in [2.75, 3.05) is 13.1 Å². The van der Waals surface area contributed by atoms with Crippen molar-refractivity contribution in [3.8, 4) is 0 Å². The van der Waals surface area contributed by atoms with Gasteiger partial charge in [0.25, 0.3) is 0 Å². The highest BCUT2D eigenvalue weighted by Gasteiger charge is 2.42. The zero-order chi connectivity index (χ0) is 17.3. The Morgan fingerprint density at radius 2 is 2.04 bits per heavy atom. The highest BCUT2D eigenvalue weighted by Crippen LogP contribution is 2.36. The van der Waals surface area contributed by atoms with Crippen LogP contribution in [0.15, 0.2) is 0 Å². The number of nitrogens with zero attached hydrogens (tertiary/aromatic N) is 1. The average Bonchev–Trinajstić information content (AvgIpc) is 2.32. The first-order chi connectivity index (χ1) is 10.6. The van der Waals surface area contributed by atoms with Crippen LogP contribution < -0.4 is 10.6 Å². The third-order valence-corrected chi connectivity index (χ3v) is 4.16. The van der Waals surface area contributed by atoms with Crippen LogP contribution in [0, 0.1) is 0 Å². The third kappa shape index (κ3) is 4.84. The second kappa shape index (κ2) is 6.37. The summed E-state index contributed by atoms with van der Waals surface area (Å²) >= 11 is 0. The first-order valence-corrected chi connectivity index (χ1v) is 8.17. The van der Waals surface area contributed by atoms with Crippen LogP contribution in [-0.4, -0.2) is 53.1 Å². The Kier molecular flexibility index (Phi) is 4.87. The fourth-order valence-electron chi connectivity index (χ4n) is 3.00. The van der Waals surface area contributed by atoms with E-state index < -0.39 is 17.2 Å². The minimum absolute atomic E-state index is 0.0450. The summed E-state index contributed by atoms with van der Waals surface area (Å²) in [5.41, 5.74) is -1.10. The van der Waals surface area contributed by atoms with E-state index in [1.807, 2.05) is 6.92 Å². The summed E-state index contributed by atoms with van der Waals surface area (Å²) < 4.78 is 5.29. The maximum atomic E-state index is 12.5. The molecular weight excluding hydrogens is 298 g/mol. The Hall–Kier alpha value is -1.79.